The number of benzene rings is 1. The summed E-state index contributed by atoms with van der Waals surface area (Å²) in [6.45, 7) is 3.05. The molecule has 1 atom stereocenters. The summed E-state index contributed by atoms with van der Waals surface area (Å²) in [5, 5.41) is 6.25. The number of aliphatic imine (C=N–C) groups is 1. The first-order chi connectivity index (χ1) is 14.0. The smallest absolute Gasteiger partial charge is 0.194 e. The van der Waals surface area contributed by atoms with Gasteiger partial charge in [0.25, 0.3) is 0 Å². The van der Waals surface area contributed by atoms with Crippen LogP contribution in [0.2, 0.25) is 0 Å². The Bertz CT molecular complexity index is 956. The standard InChI is InChI=1S/C20H25FN6OS/c1-14(28-4)19-25-16(12-29-19)11-26(3)20(22-2)24-10-15-5-6-18(17(21)9-15)27-8-7-23-13-27/h5-9,12-14H,10-11H2,1-4H3,(H,22,24). The van der Waals surface area contributed by atoms with Gasteiger partial charge in [-0.15, -0.1) is 11.3 Å². The zero-order valence-electron chi connectivity index (χ0n) is 17.0. The van der Waals surface area contributed by atoms with E-state index in [0.29, 0.717) is 24.7 Å². The molecule has 0 aliphatic heterocycles. The normalized spacial score (nSPS) is 12.8. The maximum Gasteiger partial charge on any atom is 0.194 e. The number of hydrogen-bond donors (Lipinski definition) is 1. The van der Waals surface area contributed by atoms with E-state index >= 15 is 0 Å². The highest BCUT2D eigenvalue weighted by Crippen LogP contribution is 2.21. The van der Waals surface area contributed by atoms with Crippen LogP contribution in [0, 0.1) is 5.82 Å². The quantitative estimate of drug-likeness (QED) is 0.472. The average molecular weight is 417 g/mol. The predicted molar refractivity (Wildman–Crippen MR) is 113 cm³/mol. The molecule has 2 aromatic heterocycles. The number of guanidine groups is 1. The van der Waals surface area contributed by atoms with Gasteiger partial charge in [-0.3, -0.25) is 4.99 Å². The van der Waals surface area contributed by atoms with Crippen molar-refractivity contribution in [1.29, 1.82) is 0 Å². The van der Waals surface area contributed by atoms with Crippen molar-refractivity contribution in [3.63, 3.8) is 0 Å². The van der Waals surface area contributed by atoms with Crippen LogP contribution in [0.3, 0.4) is 0 Å². The molecule has 1 unspecified atom stereocenters. The van der Waals surface area contributed by atoms with Gasteiger partial charge in [0.1, 0.15) is 16.9 Å². The molecule has 0 aliphatic rings. The molecule has 29 heavy (non-hydrogen) atoms. The minimum atomic E-state index is -0.298. The van der Waals surface area contributed by atoms with E-state index in [4.69, 9.17) is 4.74 Å². The molecule has 3 rings (SSSR count). The summed E-state index contributed by atoms with van der Waals surface area (Å²) in [5.74, 6) is 0.409. The molecule has 0 saturated carbocycles. The third-order valence-electron chi connectivity index (χ3n) is 4.49. The van der Waals surface area contributed by atoms with E-state index in [0.717, 1.165) is 16.3 Å². The van der Waals surface area contributed by atoms with E-state index in [-0.39, 0.29) is 11.9 Å². The number of rotatable bonds is 7. The Hall–Kier alpha value is -2.78. The summed E-state index contributed by atoms with van der Waals surface area (Å²) in [4.78, 5) is 14.9. The van der Waals surface area contributed by atoms with Gasteiger partial charge in [0.05, 0.1) is 24.3 Å². The maximum absolute atomic E-state index is 14.4. The van der Waals surface area contributed by atoms with Crippen LogP contribution in [0.1, 0.15) is 29.3 Å². The van der Waals surface area contributed by atoms with E-state index < -0.39 is 0 Å². The third kappa shape index (κ3) is 5.18. The fourth-order valence-corrected chi connectivity index (χ4v) is 3.68. The summed E-state index contributed by atoms with van der Waals surface area (Å²) < 4.78 is 21.4. The molecule has 0 bridgehead atoms. The van der Waals surface area contributed by atoms with Crippen molar-refractivity contribution in [2.45, 2.75) is 26.1 Å². The highest BCUT2D eigenvalue weighted by atomic mass is 32.1. The predicted octanol–water partition coefficient (Wildman–Crippen LogP) is 3.38. The van der Waals surface area contributed by atoms with Crippen molar-refractivity contribution in [2.24, 2.45) is 4.99 Å². The summed E-state index contributed by atoms with van der Waals surface area (Å²) in [6, 6.07) is 5.15. The number of nitrogens with one attached hydrogen (secondary N) is 1. The molecule has 154 valence electrons. The minimum Gasteiger partial charge on any atom is -0.375 e. The Labute approximate surface area is 173 Å². The van der Waals surface area contributed by atoms with Crippen LogP contribution in [-0.4, -0.2) is 46.6 Å². The molecule has 0 radical (unpaired) electrons. The molecule has 0 aliphatic carbocycles. The van der Waals surface area contributed by atoms with Gasteiger partial charge in [0, 0.05) is 45.5 Å². The number of nitrogens with zero attached hydrogens (tertiary/aromatic N) is 5. The lowest BCUT2D eigenvalue weighted by Gasteiger charge is -2.21. The van der Waals surface area contributed by atoms with Crippen molar-refractivity contribution in [1.82, 2.24) is 24.8 Å². The van der Waals surface area contributed by atoms with Gasteiger partial charge in [-0.05, 0) is 24.6 Å². The lowest BCUT2D eigenvalue weighted by molar-refractivity contribution is 0.119. The summed E-state index contributed by atoms with van der Waals surface area (Å²) in [5.41, 5.74) is 2.25. The lowest BCUT2D eigenvalue weighted by atomic mass is 10.2. The Morgan fingerprint density at radius 2 is 2.28 bits per heavy atom. The Morgan fingerprint density at radius 1 is 1.45 bits per heavy atom. The summed E-state index contributed by atoms with van der Waals surface area (Å²) in [7, 11) is 5.34. The highest BCUT2D eigenvalue weighted by Gasteiger charge is 2.13. The van der Waals surface area contributed by atoms with E-state index in [1.54, 1.807) is 54.8 Å². The van der Waals surface area contributed by atoms with E-state index in [9.17, 15) is 4.39 Å². The van der Waals surface area contributed by atoms with Crippen LogP contribution < -0.4 is 5.32 Å². The largest absolute Gasteiger partial charge is 0.375 e. The molecule has 2 heterocycles. The number of imidazole rings is 1. The molecule has 1 aromatic carbocycles. The van der Waals surface area contributed by atoms with Crippen LogP contribution in [0.4, 0.5) is 4.39 Å². The van der Waals surface area contributed by atoms with Crippen LogP contribution >= 0.6 is 11.3 Å². The topological polar surface area (TPSA) is 67.6 Å². The van der Waals surface area contributed by atoms with Gasteiger partial charge in [-0.25, -0.2) is 14.4 Å². The SMILES string of the molecule is CN=C(NCc1ccc(-n2ccnc2)c(F)c1)N(C)Cc1csc(C(C)OC)n1. The second-order valence-electron chi connectivity index (χ2n) is 6.57. The molecule has 1 N–H and O–H groups in total. The Kier molecular flexibility index (Phi) is 6.95. The van der Waals surface area contributed by atoms with E-state index in [1.165, 1.54) is 6.07 Å². The number of hydrogen-bond acceptors (Lipinski definition) is 5. The van der Waals surface area contributed by atoms with Crippen molar-refractivity contribution in [2.75, 3.05) is 21.2 Å². The summed E-state index contributed by atoms with van der Waals surface area (Å²) >= 11 is 1.58. The van der Waals surface area contributed by atoms with Gasteiger partial charge >= 0.3 is 0 Å². The van der Waals surface area contributed by atoms with Gasteiger partial charge < -0.3 is 19.5 Å². The molecule has 0 spiro atoms. The van der Waals surface area contributed by atoms with Gasteiger partial charge in [0.2, 0.25) is 0 Å². The second-order valence-corrected chi connectivity index (χ2v) is 7.46. The molecule has 7 nitrogen and oxygen atoms in total. The van der Waals surface area contributed by atoms with E-state index in [1.807, 2.05) is 30.3 Å². The molecule has 3 aromatic rings. The molecule has 9 heteroatoms. The molecular formula is C20H25FN6OS. The van der Waals surface area contributed by atoms with Gasteiger partial charge in [0.15, 0.2) is 5.96 Å². The van der Waals surface area contributed by atoms with Crippen molar-refractivity contribution < 1.29 is 9.13 Å². The number of halogens is 1. The monoisotopic (exact) mass is 416 g/mol. The van der Waals surface area contributed by atoms with Crippen LogP contribution in [0.5, 0.6) is 0 Å². The molecule has 0 saturated heterocycles. The number of ether oxygens (including phenoxy) is 1. The third-order valence-corrected chi connectivity index (χ3v) is 5.54. The van der Waals surface area contributed by atoms with Crippen LogP contribution in [0.25, 0.3) is 5.69 Å². The van der Waals surface area contributed by atoms with E-state index in [2.05, 4.69) is 20.3 Å². The number of methoxy groups -OCH3 is 1. The number of thiazole rings is 1. The first kappa shape index (κ1) is 20.9. The minimum absolute atomic E-state index is 0.0170. The Balaban J connectivity index is 1.60. The number of aromatic nitrogens is 3. The Morgan fingerprint density at radius 3 is 2.93 bits per heavy atom. The average Bonchev–Trinajstić information content (AvgIpc) is 3.40. The maximum atomic E-state index is 14.4. The lowest BCUT2D eigenvalue weighted by Crippen LogP contribution is -2.38. The van der Waals surface area contributed by atoms with Crippen LogP contribution in [0.15, 0.2) is 47.3 Å². The van der Waals surface area contributed by atoms with Crippen molar-refractivity contribution in [3.8, 4) is 5.69 Å². The summed E-state index contributed by atoms with van der Waals surface area (Å²) in [6.07, 6.45) is 4.89. The fourth-order valence-electron chi connectivity index (χ4n) is 2.84. The zero-order chi connectivity index (χ0) is 20.8. The molecular weight excluding hydrogens is 391 g/mol. The first-order valence-electron chi connectivity index (χ1n) is 9.17. The van der Waals surface area contributed by atoms with Crippen molar-refractivity contribution in [3.05, 3.63) is 64.4 Å². The first-order valence-corrected chi connectivity index (χ1v) is 10.1. The fraction of sp³-hybridized carbons (Fsp3) is 0.350. The van der Waals surface area contributed by atoms with Crippen LogP contribution in [-0.2, 0) is 17.8 Å². The molecule has 0 amide bonds. The highest BCUT2D eigenvalue weighted by molar-refractivity contribution is 7.09. The second kappa shape index (κ2) is 9.62. The van der Waals surface area contributed by atoms with Gasteiger partial charge in [-0.2, -0.15) is 0 Å². The van der Waals surface area contributed by atoms with Gasteiger partial charge in [-0.1, -0.05) is 6.07 Å². The molecule has 0 fully saturated rings. The van der Waals surface area contributed by atoms with Crippen molar-refractivity contribution >= 4 is 17.3 Å². The zero-order valence-corrected chi connectivity index (χ0v) is 17.8.